The van der Waals surface area contributed by atoms with Crippen molar-refractivity contribution in [2.75, 3.05) is 5.32 Å². The van der Waals surface area contributed by atoms with Crippen LogP contribution in [0.1, 0.15) is 15.2 Å². The molecule has 0 saturated carbocycles. The number of hydrogen-bond acceptors (Lipinski definition) is 4. The van der Waals surface area contributed by atoms with Gasteiger partial charge in [-0.2, -0.15) is 0 Å². The molecule has 0 aliphatic carbocycles. The van der Waals surface area contributed by atoms with Crippen LogP contribution in [-0.4, -0.2) is 16.1 Å². The van der Waals surface area contributed by atoms with Gasteiger partial charge in [0.2, 0.25) is 0 Å². The third-order valence-electron chi connectivity index (χ3n) is 2.16. The van der Waals surface area contributed by atoms with E-state index in [1.54, 1.807) is 29.9 Å². The first-order chi connectivity index (χ1) is 8.18. The van der Waals surface area contributed by atoms with E-state index in [-0.39, 0.29) is 10.6 Å². The normalized spacial score (nSPS) is 10.2. The Balaban J connectivity index is 2.21. The molecular weight excluding hydrogens is 260 g/mol. The quantitative estimate of drug-likeness (QED) is 0.894. The molecule has 2 N–H and O–H groups in total. The van der Waals surface area contributed by atoms with E-state index >= 15 is 0 Å². The maximum atomic E-state index is 11.1. The van der Waals surface area contributed by atoms with Gasteiger partial charge >= 0.3 is 5.97 Å². The second-order valence-electron chi connectivity index (χ2n) is 3.29. The molecule has 0 radical (unpaired) electrons. The predicted molar refractivity (Wildman–Crippen MR) is 67.9 cm³/mol. The lowest BCUT2D eigenvalue weighted by molar-refractivity contribution is 0.0698. The molecule has 0 saturated heterocycles. The highest BCUT2D eigenvalue weighted by molar-refractivity contribution is 7.09. The van der Waals surface area contributed by atoms with Crippen molar-refractivity contribution < 1.29 is 9.90 Å². The molecule has 0 atom stereocenters. The summed E-state index contributed by atoms with van der Waals surface area (Å²) in [4.78, 5) is 16.0. The third kappa shape index (κ3) is 2.75. The maximum Gasteiger partial charge on any atom is 0.339 e. The summed E-state index contributed by atoms with van der Waals surface area (Å²) in [5.74, 6) is -1.04. The molecule has 0 fully saturated rings. The summed E-state index contributed by atoms with van der Waals surface area (Å²) in [6, 6.07) is 4.96. The molecule has 0 aliphatic rings. The van der Waals surface area contributed by atoms with E-state index in [1.165, 1.54) is 11.3 Å². The van der Waals surface area contributed by atoms with Gasteiger partial charge in [0.25, 0.3) is 0 Å². The molecule has 1 aromatic heterocycles. The number of carbonyl (C=O) groups is 1. The molecule has 1 aromatic carbocycles. The van der Waals surface area contributed by atoms with Crippen molar-refractivity contribution in [1.82, 2.24) is 4.98 Å². The van der Waals surface area contributed by atoms with Crippen LogP contribution >= 0.6 is 22.9 Å². The van der Waals surface area contributed by atoms with Crippen LogP contribution in [0, 0.1) is 0 Å². The number of nitrogens with zero attached hydrogens (tertiary/aromatic N) is 1. The summed E-state index contributed by atoms with van der Waals surface area (Å²) in [5.41, 5.74) is 2.34. The summed E-state index contributed by atoms with van der Waals surface area (Å²) in [6.07, 6.45) is 1.74. The van der Waals surface area contributed by atoms with Gasteiger partial charge in [0, 0.05) is 11.1 Å². The van der Waals surface area contributed by atoms with E-state index in [0.29, 0.717) is 12.2 Å². The van der Waals surface area contributed by atoms with Crippen LogP contribution in [-0.2, 0) is 6.54 Å². The Bertz CT molecular complexity index is 528. The second kappa shape index (κ2) is 5.16. The number of thiazole rings is 1. The van der Waals surface area contributed by atoms with E-state index in [0.717, 1.165) is 4.88 Å². The number of aromatic carboxylic acids is 1. The first-order valence-electron chi connectivity index (χ1n) is 4.81. The number of hydrogen-bond donors (Lipinski definition) is 2. The van der Waals surface area contributed by atoms with Crippen molar-refractivity contribution in [3.8, 4) is 0 Å². The molecular formula is C11H9ClN2O2S. The van der Waals surface area contributed by atoms with E-state index in [9.17, 15) is 4.79 Å². The van der Waals surface area contributed by atoms with Crippen LogP contribution in [0.4, 0.5) is 5.69 Å². The zero-order valence-electron chi connectivity index (χ0n) is 8.68. The van der Waals surface area contributed by atoms with Crippen LogP contribution in [0.15, 0.2) is 29.9 Å². The minimum absolute atomic E-state index is 0.0960. The average molecular weight is 269 g/mol. The van der Waals surface area contributed by atoms with Gasteiger partial charge < -0.3 is 10.4 Å². The number of halogens is 1. The van der Waals surface area contributed by atoms with Gasteiger partial charge in [0.05, 0.1) is 22.8 Å². The molecule has 0 bridgehead atoms. The first-order valence-corrected chi connectivity index (χ1v) is 6.07. The molecule has 88 valence electrons. The Kier molecular flexibility index (Phi) is 3.61. The smallest absolute Gasteiger partial charge is 0.339 e. The minimum atomic E-state index is -1.04. The fraction of sp³-hybridized carbons (Fsp3) is 0.0909. The number of carboxylic acid groups (broad SMARTS) is 1. The van der Waals surface area contributed by atoms with E-state index < -0.39 is 5.97 Å². The van der Waals surface area contributed by atoms with E-state index in [1.807, 2.05) is 0 Å². The van der Waals surface area contributed by atoms with Crippen molar-refractivity contribution in [3.05, 3.63) is 45.4 Å². The zero-order chi connectivity index (χ0) is 12.3. The van der Waals surface area contributed by atoms with Gasteiger partial charge in [-0.15, -0.1) is 11.3 Å². The SMILES string of the molecule is O=C(O)c1c(Cl)cccc1NCc1cncs1. The Morgan fingerprint density at radius 1 is 1.53 bits per heavy atom. The second-order valence-corrected chi connectivity index (χ2v) is 4.67. The molecule has 0 aliphatic heterocycles. The Morgan fingerprint density at radius 2 is 2.35 bits per heavy atom. The average Bonchev–Trinajstić information content (AvgIpc) is 2.78. The predicted octanol–water partition coefficient (Wildman–Crippen LogP) is 3.11. The number of anilines is 1. The Morgan fingerprint density at radius 3 is 3.00 bits per heavy atom. The zero-order valence-corrected chi connectivity index (χ0v) is 10.3. The highest BCUT2D eigenvalue weighted by Crippen LogP contribution is 2.25. The first kappa shape index (κ1) is 11.9. The topological polar surface area (TPSA) is 62.2 Å². The largest absolute Gasteiger partial charge is 0.478 e. The maximum absolute atomic E-state index is 11.1. The van der Waals surface area contributed by atoms with Gasteiger partial charge in [0.15, 0.2) is 0 Å². The van der Waals surface area contributed by atoms with Crippen molar-refractivity contribution in [2.45, 2.75) is 6.54 Å². The number of benzene rings is 1. The molecule has 1 heterocycles. The standard InChI is InChI=1S/C11H9ClN2O2S/c12-8-2-1-3-9(10(8)11(15)16)14-5-7-4-13-6-17-7/h1-4,6,14H,5H2,(H,15,16). The van der Waals surface area contributed by atoms with Gasteiger partial charge in [0.1, 0.15) is 5.56 Å². The Labute approximate surface area is 107 Å². The third-order valence-corrected chi connectivity index (χ3v) is 3.26. The highest BCUT2D eigenvalue weighted by atomic mass is 35.5. The lowest BCUT2D eigenvalue weighted by Crippen LogP contribution is -2.06. The van der Waals surface area contributed by atoms with Crippen LogP contribution in [0.5, 0.6) is 0 Å². The van der Waals surface area contributed by atoms with Crippen LogP contribution < -0.4 is 5.32 Å². The highest BCUT2D eigenvalue weighted by Gasteiger charge is 2.13. The van der Waals surface area contributed by atoms with Gasteiger partial charge in [-0.25, -0.2) is 4.79 Å². The lowest BCUT2D eigenvalue weighted by atomic mass is 10.2. The molecule has 2 rings (SSSR count). The molecule has 0 spiro atoms. The number of aromatic nitrogens is 1. The van der Waals surface area contributed by atoms with Gasteiger partial charge in [-0.1, -0.05) is 17.7 Å². The molecule has 17 heavy (non-hydrogen) atoms. The fourth-order valence-electron chi connectivity index (χ4n) is 1.40. The van der Waals surface area contributed by atoms with Crippen LogP contribution in [0.25, 0.3) is 0 Å². The monoisotopic (exact) mass is 268 g/mol. The minimum Gasteiger partial charge on any atom is -0.478 e. The van der Waals surface area contributed by atoms with E-state index in [2.05, 4.69) is 10.3 Å². The van der Waals surface area contributed by atoms with Crippen molar-refractivity contribution in [1.29, 1.82) is 0 Å². The molecule has 6 heteroatoms. The Hall–Kier alpha value is -1.59. The molecule has 2 aromatic rings. The molecule has 0 unspecified atom stereocenters. The van der Waals surface area contributed by atoms with E-state index in [4.69, 9.17) is 16.7 Å². The molecule has 4 nitrogen and oxygen atoms in total. The summed E-state index contributed by atoms with van der Waals surface area (Å²) in [7, 11) is 0. The summed E-state index contributed by atoms with van der Waals surface area (Å²) in [5, 5.41) is 12.3. The van der Waals surface area contributed by atoms with Crippen LogP contribution in [0.2, 0.25) is 5.02 Å². The van der Waals surface area contributed by atoms with Gasteiger partial charge in [-0.05, 0) is 12.1 Å². The summed E-state index contributed by atoms with van der Waals surface area (Å²) >= 11 is 7.36. The fourth-order valence-corrected chi connectivity index (χ4v) is 2.19. The lowest BCUT2D eigenvalue weighted by Gasteiger charge is -2.09. The van der Waals surface area contributed by atoms with Crippen molar-refractivity contribution in [3.63, 3.8) is 0 Å². The van der Waals surface area contributed by atoms with Gasteiger partial charge in [-0.3, -0.25) is 4.98 Å². The summed E-state index contributed by atoms with van der Waals surface area (Å²) < 4.78 is 0. The number of nitrogens with one attached hydrogen (secondary N) is 1. The number of rotatable bonds is 4. The van der Waals surface area contributed by atoms with Crippen LogP contribution in [0.3, 0.4) is 0 Å². The van der Waals surface area contributed by atoms with Crippen molar-refractivity contribution >= 4 is 34.6 Å². The number of carboxylic acids is 1. The molecule has 0 amide bonds. The summed E-state index contributed by atoms with van der Waals surface area (Å²) in [6.45, 7) is 0.533. The van der Waals surface area contributed by atoms with Crippen molar-refractivity contribution in [2.24, 2.45) is 0 Å².